The normalized spacial score (nSPS) is 13.9. The molecule has 1 N–H and O–H groups in total. The first-order chi connectivity index (χ1) is 7.33. The van der Waals surface area contributed by atoms with E-state index in [2.05, 4.69) is 18.0 Å². The van der Waals surface area contributed by atoms with Crippen molar-refractivity contribution in [1.82, 2.24) is 0 Å². The fourth-order valence-electron chi connectivity index (χ4n) is 1.95. The van der Waals surface area contributed by atoms with Crippen molar-refractivity contribution >= 4 is 11.4 Å². The second kappa shape index (κ2) is 4.39. The summed E-state index contributed by atoms with van der Waals surface area (Å²) in [7, 11) is 0. The van der Waals surface area contributed by atoms with Gasteiger partial charge in [-0.1, -0.05) is 38.0 Å². The molecule has 2 nitrogen and oxygen atoms in total. The molecule has 0 aliphatic carbocycles. The average Bonchev–Trinajstić information content (AvgIpc) is 2.56. The predicted octanol–water partition coefficient (Wildman–Crippen LogP) is 2.03. The van der Waals surface area contributed by atoms with E-state index in [0.717, 1.165) is 23.8 Å². The molecule has 0 radical (unpaired) electrons. The maximum absolute atomic E-state index is 7.82. The molecule has 0 unspecified atom stereocenters. The molecule has 0 atom stereocenters. The lowest BCUT2D eigenvalue weighted by molar-refractivity contribution is 0.737. The van der Waals surface area contributed by atoms with Crippen molar-refractivity contribution in [1.29, 1.82) is 5.41 Å². The molecule has 1 aliphatic rings. The number of nitrogens with one attached hydrogen (secondary N) is 1. The van der Waals surface area contributed by atoms with Gasteiger partial charge < -0.3 is 0 Å². The Balaban J connectivity index is 2.31. The van der Waals surface area contributed by atoms with Gasteiger partial charge in [0, 0.05) is 10.8 Å². The van der Waals surface area contributed by atoms with Crippen LogP contribution in [0.3, 0.4) is 0 Å². The van der Waals surface area contributed by atoms with Gasteiger partial charge >= 0.3 is 0 Å². The van der Waals surface area contributed by atoms with Gasteiger partial charge in [-0.25, -0.2) is 4.99 Å². The van der Waals surface area contributed by atoms with Gasteiger partial charge in [0.1, 0.15) is 5.84 Å². The number of hydrogen-bond donors (Lipinski definition) is 1. The molecule has 1 heterocycles. The largest absolute Gasteiger partial charge is 0.283 e. The van der Waals surface area contributed by atoms with Gasteiger partial charge in [0.05, 0.1) is 5.36 Å². The maximum Gasteiger partial charge on any atom is 0.149 e. The lowest BCUT2D eigenvalue weighted by Gasteiger charge is -2.00. The predicted molar refractivity (Wildman–Crippen MR) is 62.5 cm³/mol. The molecule has 2 rings (SSSR count). The summed E-state index contributed by atoms with van der Waals surface area (Å²) in [6.07, 6.45) is 4.61. The zero-order chi connectivity index (χ0) is 10.7. The molecule has 1 aromatic rings. The summed E-state index contributed by atoms with van der Waals surface area (Å²) < 4.78 is 0. The number of hydrogen-bond acceptors (Lipinski definition) is 1. The summed E-state index contributed by atoms with van der Waals surface area (Å²) in [5, 5.41) is 9.96. The Kier molecular flexibility index (Phi) is 2.95. The molecule has 0 amide bonds. The minimum atomic E-state index is 0.465. The Labute approximate surface area is 89.9 Å². The second-order valence-corrected chi connectivity index (χ2v) is 3.91. The number of nitrogens with zero attached hydrogens (tertiary/aromatic N) is 1. The zero-order valence-electron chi connectivity index (χ0n) is 9.09. The van der Waals surface area contributed by atoms with Crippen molar-refractivity contribution in [2.75, 3.05) is 0 Å². The average molecular weight is 200 g/mol. The van der Waals surface area contributed by atoms with Gasteiger partial charge in [0.2, 0.25) is 0 Å². The summed E-state index contributed by atoms with van der Waals surface area (Å²) in [6, 6.07) is 8.05. The molecular weight excluding hydrogens is 184 g/mol. The van der Waals surface area contributed by atoms with Crippen molar-refractivity contribution in [3.8, 4) is 0 Å². The van der Waals surface area contributed by atoms with Gasteiger partial charge in [0.15, 0.2) is 0 Å². The number of rotatable bonds is 4. The molecule has 1 aromatic carbocycles. The third kappa shape index (κ3) is 1.99. The third-order valence-electron chi connectivity index (χ3n) is 2.78. The van der Waals surface area contributed by atoms with E-state index >= 15 is 0 Å². The highest BCUT2D eigenvalue weighted by atomic mass is 14.8. The van der Waals surface area contributed by atoms with Crippen LogP contribution in [0.4, 0.5) is 0 Å². The zero-order valence-corrected chi connectivity index (χ0v) is 9.09. The van der Waals surface area contributed by atoms with E-state index in [9.17, 15) is 0 Å². The van der Waals surface area contributed by atoms with Gasteiger partial charge in [0.25, 0.3) is 0 Å². The standard InChI is InChI=1S/C13H16N2/c1-2-3-4-8-11-10-7-5-6-9-12(10)15-13(11)14/h5-7,9,14H,2-4,8H2,1H3. The molecule has 2 heteroatoms. The van der Waals surface area contributed by atoms with Crippen LogP contribution in [0.25, 0.3) is 5.57 Å². The van der Waals surface area contributed by atoms with Gasteiger partial charge in [-0.2, -0.15) is 0 Å². The molecule has 0 bridgehead atoms. The fourth-order valence-corrected chi connectivity index (χ4v) is 1.95. The van der Waals surface area contributed by atoms with E-state index in [0.29, 0.717) is 5.84 Å². The van der Waals surface area contributed by atoms with Gasteiger partial charge in [-0.05, 0) is 18.9 Å². The molecular formula is C13H16N2. The third-order valence-corrected chi connectivity index (χ3v) is 2.78. The first-order valence-electron chi connectivity index (χ1n) is 5.59. The molecule has 0 spiro atoms. The quantitative estimate of drug-likeness (QED) is 0.722. The van der Waals surface area contributed by atoms with Crippen LogP contribution in [0.2, 0.25) is 0 Å². The van der Waals surface area contributed by atoms with Gasteiger partial charge in [-0.15, -0.1) is 0 Å². The minimum absolute atomic E-state index is 0.465. The van der Waals surface area contributed by atoms with E-state index < -0.39 is 0 Å². The minimum Gasteiger partial charge on any atom is -0.283 e. The van der Waals surface area contributed by atoms with Crippen LogP contribution < -0.4 is 10.6 Å². The Morgan fingerprint density at radius 1 is 1.20 bits per heavy atom. The van der Waals surface area contributed by atoms with Crippen molar-refractivity contribution in [2.24, 2.45) is 4.99 Å². The highest BCUT2D eigenvalue weighted by molar-refractivity contribution is 6.17. The smallest absolute Gasteiger partial charge is 0.149 e. The maximum atomic E-state index is 7.82. The van der Waals surface area contributed by atoms with Crippen molar-refractivity contribution < 1.29 is 0 Å². The SMILES string of the molecule is CCCCCC1=c2ccccc2=NC1=N. The summed E-state index contributed by atoms with van der Waals surface area (Å²) in [6.45, 7) is 2.20. The van der Waals surface area contributed by atoms with E-state index in [-0.39, 0.29) is 0 Å². The van der Waals surface area contributed by atoms with E-state index in [1.54, 1.807) is 0 Å². The van der Waals surface area contributed by atoms with Gasteiger partial charge in [-0.3, -0.25) is 5.41 Å². The Morgan fingerprint density at radius 2 is 2.00 bits per heavy atom. The number of unbranched alkanes of at least 4 members (excludes halogenated alkanes) is 2. The highest BCUT2D eigenvalue weighted by Crippen LogP contribution is 2.11. The Morgan fingerprint density at radius 3 is 2.80 bits per heavy atom. The molecule has 1 aliphatic heterocycles. The van der Waals surface area contributed by atoms with Crippen LogP contribution in [-0.2, 0) is 0 Å². The van der Waals surface area contributed by atoms with Crippen LogP contribution in [0.1, 0.15) is 32.6 Å². The fraction of sp³-hybridized carbons (Fsp3) is 0.385. The lowest BCUT2D eigenvalue weighted by Crippen LogP contribution is -2.22. The molecule has 0 fully saturated rings. The first kappa shape index (κ1) is 10.1. The molecule has 0 aromatic heterocycles. The lowest BCUT2D eigenvalue weighted by atomic mass is 10.1. The number of para-hydroxylation sites is 1. The molecule has 78 valence electrons. The Bertz CT molecular complexity index is 486. The van der Waals surface area contributed by atoms with Crippen LogP contribution in [-0.4, -0.2) is 5.84 Å². The van der Waals surface area contributed by atoms with Crippen molar-refractivity contribution in [3.05, 3.63) is 34.8 Å². The number of amidine groups is 1. The summed E-state index contributed by atoms with van der Waals surface area (Å²) in [5.41, 5.74) is 1.12. The Hall–Kier alpha value is -1.44. The van der Waals surface area contributed by atoms with Crippen LogP contribution in [0, 0.1) is 5.41 Å². The second-order valence-electron chi connectivity index (χ2n) is 3.91. The van der Waals surface area contributed by atoms with E-state index in [4.69, 9.17) is 5.41 Å². The van der Waals surface area contributed by atoms with Crippen molar-refractivity contribution in [2.45, 2.75) is 32.6 Å². The highest BCUT2D eigenvalue weighted by Gasteiger charge is 2.11. The van der Waals surface area contributed by atoms with Crippen LogP contribution >= 0.6 is 0 Å². The van der Waals surface area contributed by atoms with Crippen LogP contribution in [0.15, 0.2) is 29.3 Å². The van der Waals surface area contributed by atoms with Crippen LogP contribution in [0.5, 0.6) is 0 Å². The summed E-state index contributed by atoms with van der Waals surface area (Å²) in [4.78, 5) is 4.26. The number of benzene rings is 1. The first-order valence-corrected chi connectivity index (χ1v) is 5.59. The summed E-state index contributed by atoms with van der Waals surface area (Å²) >= 11 is 0. The van der Waals surface area contributed by atoms with Crippen molar-refractivity contribution in [3.63, 3.8) is 0 Å². The molecule has 0 saturated carbocycles. The van der Waals surface area contributed by atoms with E-state index in [1.165, 1.54) is 18.1 Å². The van der Waals surface area contributed by atoms with E-state index in [1.807, 2.05) is 18.2 Å². The summed E-state index contributed by atoms with van der Waals surface area (Å²) in [5.74, 6) is 0.465. The topological polar surface area (TPSA) is 36.2 Å². The number of fused-ring (bicyclic) bond motifs is 1. The molecule has 15 heavy (non-hydrogen) atoms. The monoisotopic (exact) mass is 200 g/mol. The molecule has 0 saturated heterocycles.